The molecule has 0 radical (unpaired) electrons. The number of fused-ring (bicyclic) bond motifs is 1. The van der Waals surface area contributed by atoms with Crippen molar-refractivity contribution in [3.05, 3.63) is 88.5 Å². The number of Topliss-reactive ketones (excluding diaryl/α,β-unsaturated/α-hetero) is 1. The van der Waals surface area contributed by atoms with Gasteiger partial charge < -0.3 is 19.7 Å². The number of aromatic hydroxyl groups is 1. The molecule has 172 valence electrons. The van der Waals surface area contributed by atoms with E-state index in [-0.39, 0.29) is 17.1 Å². The quantitative estimate of drug-likeness (QED) is 0.344. The van der Waals surface area contributed by atoms with Crippen molar-refractivity contribution in [3.8, 4) is 17.2 Å². The number of phenols is 1. The van der Waals surface area contributed by atoms with E-state index < -0.39 is 17.7 Å². The van der Waals surface area contributed by atoms with E-state index in [0.717, 1.165) is 11.1 Å². The van der Waals surface area contributed by atoms with Crippen LogP contribution in [-0.4, -0.2) is 35.1 Å². The Kier molecular flexibility index (Phi) is 5.24. The van der Waals surface area contributed by atoms with E-state index in [9.17, 15) is 19.8 Å². The second-order valence-electron chi connectivity index (χ2n) is 8.41. The number of amides is 1. The Labute approximate surface area is 196 Å². The summed E-state index contributed by atoms with van der Waals surface area (Å²) in [6.07, 6.45) is 0. The number of nitrogens with zero attached hydrogens (tertiary/aromatic N) is 1. The fourth-order valence-corrected chi connectivity index (χ4v) is 4.38. The number of carbonyl (C=O) groups excluding carboxylic acids is 2. The normalized spacial score (nSPS) is 18.9. The maximum atomic E-state index is 13.3. The molecule has 5 rings (SSSR count). The highest BCUT2D eigenvalue weighted by Gasteiger charge is 2.47. The van der Waals surface area contributed by atoms with Gasteiger partial charge >= 0.3 is 0 Å². The first kappa shape index (κ1) is 21.6. The van der Waals surface area contributed by atoms with Crippen LogP contribution in [0.15, 0.2) is 66.2 Å². The number of ketones is 1. The number of phenolic OH excluding ortho intramolecular Hbond substituents is 1. The highest BCUT2D eigenvalue weighted by atomic mass is 16.6. The number of hydrogen-bond acceptors (Lipinski definition) is 6. The van der Waals surface area contributed by atoms with Gasteiger partial charge in [-0.05, 0) is 66.9 Å². The largest absolute Gasteiger partial charge is 0.508 e. The molecule has 0 saturated carbocycles. The summed E-state index contributed by atoms with van der Waals surface area (Å²) >= 11 is 0. The van der Waals surface area contributed by atoms with E-state index in [1.165, 1.54) is 17.0 Å². The van der Waals surface area contributed by atoms with E-state index in [0.29, 0.717) is 41.5 Å². The molecular formula is C27H23NO6. The number of aliphatic hydroxyl groups is 1. The molecule has 7 nitrogen and oxygen atoms in total. The van der Waals surface area contributed by atoms with E-state index in [1.807, 2.05) is 32.0 Å². The van der Waals surface area contributed by atoms with Crippen molar-refractivity contribution in [2.75, 3.05) is 18.1 Å². The van der Waals surface area contributed by atoms with Crippen molar-refractivity contribution >= 4 is 23.1 Å². The number of carbonyl (C=O) groups is 2. The van der Waals surface area contributed by atoms with Gasteiger partial charge in [-0.25, -0.2) is 0 Å². The van der Waals surface area contributed by atoms with Crippen LogP contribution in [0.2, 0.25) is 0 Å². The Morgan fingerprint density at radius 3 is 2.35 bits per heavy atom. The van der Waals surface area contributed by atoms with E-state index in [2.05, 4.69) is 0 Å². The molecule has 0 bridgehead atoms. The SMILES string of the molecule is Cc1ccc(C)c(N2C(=O)C(=O)/C(=C(\O)c3ccc4c(c3)OCCO4)C2c2ccc(O)cc2)c1. The maximum absolute atomic E-state index is 13.3. The van der Waals surface area contributed by atoms with Crippen LogP contribution in [-0.2, 0) is 9.59 Å². The third-order valence-corrected chi connectivity index (χ3v) is 6.09. The van der Waals surface area contributed by atoms with Crippen molar-refractivity contribution in [1.29, 1.82) is 0 Å². The monoisotopic (exact) mass is 457 g/mol. The number of aliphatic hydroxyl groups excluding tert-OH is 1. The van der Waals surface area contributed by atoms with Gasteiger partial charge in [0, 0.05) is 11.3 Å². The summed E-state index contributed by atoms with van der Waals surface area (Å²) in [5, 5.41) is 21.1. The van der Waals surface area contributed by atoms with Crippen LogP contribution in [0.3, 0.4) is 0 Å². The van der Waals surface area contributed by atoms with Crippen LogP contribution in [0.1, 0.15) is 28.3 Å². The molecule has 34 heavy (non-hydrogen) atoms. The summed E-state index contributed by atoms with van der Waals surface area (Å²) in [5.41, 5.74) is 3.22. The molecule has 0 aromatic heterocycles. The molecule has 2 aliphatic rings. The third-order valence-electron chi connectivity index (χ3n) is 6.09. The van der Waals surface area contributed by atoms with Crippen molar-refractivity contribution in [2.45, 2.75) is 19.9 Å². The van der Waals surface area contributed by atoms with E-state index in [1.54, 1.807) is 30.3 Å². The zero-order valence-corrected chi connectivity index (χ0v) is 18.7. The second-order valence-corrected chi connectivity index (χ2v) is 8.41. The summed E-state index contributed by atoms with van der Waals surface area (Å²) in [4.78, 5) is 28.1. The zero-order valence-electron chi connectivity index (χ0n) is 18.7. The Morgan fingerprint density at radius 2 is 1.62 bits per heavy atom. The Hall–Kier alpha value is -4.26. The first-order chi connectivity index (χ1) is 16.3. The fraction of sp³-hybridized carbons (Fsp3) is 0.185. The van der Waals surface area contributed by atoms with Gasteiger partial charge in [0.05, 0.1) is 11.6 Å². The van der Waals surface area contributed by atoms with E-state index in [4.69, 9.17) is 9.47 Å². The summed E-state index contributed by atoms with van der Waals surface area (Å²) in [5.74, 6) is -0.758. The smallest absolute Gasteiger partial charge is 0.300 e. The fourth-order valence-electron chi connectivity index (χ4n) is 4.38. The van der Waals surface area contributed by atoms with Gasteiger partial charge in [-0.3, -0.25) is 14.5 Å². The lowest BCUT2D eigenvalue weighted by Gasteiger charge is -2.27. The molecule has 1 saturated heterocycles. The van der Waals surface area contributed by atoms with Crippen molar-refractivity contribution in [2.24, 2.45) is 0 Å². The standard InChI is InChI=1S/C27H23NO6/c1-15-3-4-16(2)20(13-15)28-24(17-5-8-19(29)9-6-17)23(26(31)27(28)32)25(30)18-7-10-21-22(14-18)34-12-11-33-21/h3-10,13-14,24,29-30H,11-12H2,1-2H3/b25-23-. The van der Waals surface area contributed by atoms with Crippen molar-refractivity contribution in [1.82, 2.24) is 0 Å². The van der Waals surface area contributed by atoms with Gasteiger partial charge in [-0.15, -0.1) is 0 Å². The number of ether oxygens (including phenoxy) is 2. The molecule has 0 aliphatic carbocycles. The molecule has 2 heterocycles. The third kappa shape index (κ3) is 3.55. The van der Waals surface area contributed by atoms with Gasteiger partial charge in [0.2, 0.25) is 0 Å². The average molecular weight is 457 g/mol. The predicted molar refractivity (Wildman–Crippen MR) is 126 cm³/mol. The van der Waals surface area contributed by atoms with Gasteiger partial charge in [-0.2, -0.15) is 0 Å². The molecule has 1 fully saturated rings. The number of aryl methyl sites for hydroxylation is 2. The minimum absolute atomic E-state index is 0.0340. The van der Waals surface area contributed by atoms with E-state index >= 15 is 0 Å². The Morgan fingerprint density at radius 1 is 0.912 bits per heavy atom. The van der Waals surface area contributed by atoms with Crippen LogP contribution >= 0.6 is 0 Å². The summed E-state index contributed by atoms with van der Waals surface area (Å²) < 4.78 is 11.2. The molecule has 0 spiro atoms. The molecule has 1 amide bonds. The summed E-state index contributed by atoms with van der Waals surface area (Å²) in [6.45, 7) is 4.58. The zero-order chi connectivity index (χ0) is 24.0. The number of anilines is 1. The first-order valence-corrected chi connectivity index (χ1v) is 10.9. The predicted octanol–water partition coefficient (Wildman–Crippen LogP) is 4.41. The lowest BCUT2D eigenvalue weighted by atomic mass is 9.94. The van der Waals surface area contributed by atoms with Gasteiger partial charge in [0.25, 0.3) is 11.7 Å². The average Bonchev–Trinajstić information content (AvgIpc) is 3.10. The minimum atomic E-state index is -0.880. The van der Waals surface area contributed by atoms with Crippen molar-refractivity contribution in [3.63, 3.8) is 0 Å². The van der Waals surface area contributed by atoms with Gasteiger partial charge in [0.1, 0.15) is 24.7 Å². The van der Waals surface area contributed by atoms with Crippen molar-refractivity contribution < 1.29 is 29.3 Å². The van der Waals surface area contributed by atoms with Crippen LogP contribution in [0.4, 0.5) is 5.69 Å². The van der Waals surface area contributed by atoms with Crippen LogP contribution in [0.25, 0.3) is 5.76 Å². The Bertz CT molecular complexity index is 1340. The van der Waals surface area contributed by atoms with Gasteiger partial charge in [0.15, 0.2) is 11.5 Å². The lowest BCUT2D eigenvalue weighted by Crippen LogP contribution is -2.30. The number of hydrogen-bond donors (Lipinski definition) is 2. The molecule has 3 aromatic rings. The first-order valence-electron chi connectivity index (χ1n) is 10.9. The van der Waals surface area contributed by atoms with Crippen LogP contribution in [0, 0.1) is 13.8 Å². The lowest BCUT2D eigenvalue weighted by molar-refractivity contribution is -0.132. The Balaban J connectivity index is 1.72. The summed E-state index contributed by atoms with van der Waals surface area (Å²) in [6, 6.07) is 15.9. The summed E-state index contributed by atoms with van der Waals surface area (Å²) in [7, 11) is 0. The molecule has 1 unspecified atom stereocenters. The van der Waals surface area contributed by atoms with Crippen LogP contribution in [0.5, 0.6) is 17.2 Å². The molecule has 2 aliphatic heterocycles. The highest BCUT2D eigenvalue weighted by molar-refractivity contribution is 6.51. The molecule has 2 N–H and O–H groups in total. The minimum Gasteiger partial charge on any atom is -0.508 e. The number of rotatable bonds is 3. The molecule has 7 heteroatoms. The number of benzene rings is 3. The van der Waals surface area contributed by atoms with Crippen LogP contribution < -0.4 is 14.4 Å². The highest BCUT2D eigenvalue weighted by Crippen LogP contribution is 2.44. The molecule has 1 atom stereocenters. The molecular weight excluding hydrogens is 434 g/mol. The topological polar surface area (TPSA) is 96.3 Å². The maximum Gasteiger partial charge on any atom is 0.300 e. The molecule has 3 aromatic carbocycles. The second kappa shape index (κ2) is 8.26. The van der Waals surface area contributed by atoms with Gasteiger partial charge in [-0.1, -0.05) is 24.3 Å².